The number of sulfonamides is 1. The molecule has 0 bridgehead atoms. The number of carbonyl (C=O) groups excluding carboxylic acids is 2. The molecule has 1 atom stereocenters. The second kappa shape index (κ2) is 9.27. The Balaban J connectivity index is 2.94. The maximum Gasteiger partial charge on any atom is 0.407 e. The quantitative estimate of drug-likeness (QED) is 0.625. The average molecular weight is 387 g/mol. The molecule has 1 aromatic carbocycles. The lowest BCUT2D eigenvalue weighted by Gasteiger charge is -2.21. The van der Waals surface area contributed by atoms with E-state index in [4.69, 9.17) is 9.47 Å². The molecule has 0 saturated carbocycles. The van der Waals surface area contributed by atoms with Crippen molar-refractivity contribution in [2.24, 2.45) is 5.92 Å². The van der Waals surface area contributed by atoms with E-state index in [-0.39, 0.29) is 24.0 Å². The Hall–Kier alpha value is -2.49. The number of alkyl carbamates (subject to hydrolysis) is 1. The van der Waals surface area contributed by atoms with Crippen molar-refractivity contribution in [3.05, 3.63) is 18.2 Å². The van der Waals surface area contributed by atoms with Crippen molar-refractivity contribution in [1.82, 2.24) is 5.32 Å². The van der Waals surface area contributed by atoms with Gasteiger partial charge in [-0.2, -0.15) is 0 Å². The van der Waals surface area contributed by atoms with Gasteiger partial charge in [-0.25, -0.2) is 13.2 Å². The monoisotopic (exact) mass is 387 g/mol. The van der Waals surface area contributed by atoms with Crippen molar-refractivity contribution in [3.8, 4) is 5.75 Å². The van der Waals surface area contributed by atoms with Crippen molar-refractivity contribution in [3.63, 3.8) is 0 Å². The first-order valence-corrected chi connectivity index (χ1v) is 9.86. The molecule has 146 valence electrons. The van der Waals surface area contributed by atoms with Crippen LogP contribution in [0, 0.1) is 5.92 Å². The molecule has 0 heterocycles. The van der Waals surface area contributed by atoms with Gasteiger partial charge in [0.25, 0.3) is 0 Å². The molecule has 0 aliphatic heterocycles. The van der Waals surface area contributed by atoms with Crippen LogP contribution in [0.3, 0.4) is 0 Å². The molecule has 0 aliphatic carbocycles. The Morgan fingerprint density at radius 2 is 1.88 bits per heavy atom. The summed E-state index contributed by atoms with van der Waals surface area (Å²) < 4.78 is 35.0. The summed E-state index contributed by atoms with van der Waals surface area (Å²) in [5.74, 6) is -0.362. The number of ether oxygens (including phenoxy) is 2. The van der Waals surface area contributed by atoms with Crippen LogP contribution in [-0.4, -0.2) is 46.4 Å². The first-order valence-electron chi connectivity index (χ1n) is 7.97. The zero-order chi connectivity index (χ0) is 19.9. The normalized spacial score (nSPS) is 12.2. The molecule has 0 aromatic heterocycles. The topological polar surface area (TPSA) is 123 Å². The van der Waals surface area contributed by atoms with Gasteiger partial charge in [0, 0.05) is 11.8 Å². The van der Waals surface area contributed by atoms with E-state index in [1.165, 1.54) is 25.3 Å². The highest BCUT2D eigenvalue weighted by Crippen LogP contribution is 2.28. The SMILES string of the molecule is CCOC(=O)NC(C(=O)Nc1ccc(NS(C)(=O)=O)c(OC)c1)C(C)C. The summed E-state index contributed by atoms with van der Waals surface area (Å²) in [5.41, 5.74) is 0.639. The van der Waals surface area contributed by atoms with Crippen LogP contribution in [0.5, 0.6) is 5.75 Å². The van der Waals surface area contributed by atoms with Gasteiger partial charge in [-0.15, -0.1) is 0 Å². The van der Waals surface area contributed by atoms with E-state index in [1.807, 2.05) is 0 Å². The summed E-state index contributed by atoms with van der Waals surface area (Å²) >= 11 is 0. The molecule has 2 amide bonds. The molecule has 0 fully saturated rings. The molecular formula is C16H25N3O6S. The fourth-order valence-electron chi connectivity index (χ4n) is 2.11. The van der Waals surface area contributed by atoms with Crippen molar-refractivity contribution < 1.29 is 27.5 Å². The largest absolute Gasteiger partial charge is 0.494 e. The maximum atomic E-state index is 12.5. The molecule has 0 saturated heterocycles. The van der Waals surface area contributed by atoms with Gasteiger partial charge < -0.3 is 20.1 Å². The molecular weight excluding hydrogens is 362 g/mol. The predicted octanol–water partition coefficient (Wildman–Crippen LogP) is 1.78. The fraction of sp³-hybridized carbons (Fsp3) is 0.500. The van der Waals surface area contributed by atoms with Crippen molar-refractivity contribution in [1.29, 1.82) is 0 Å². The minimum Gasteiger partial charge on any atom is -0.494 e. The molecule has 1 unspecified atom stereocenters. The van der Waals surface area contributed by atoms with Gasteiger partial charge in [-0.3, -0.25) is 9.52 Å². The van der Waals surface area contributed by atoms with Gasteiger partial charge in [0.2, 0.25) is 15.9 Å². The van der Waals surface area contributed by atoms with Gasteiger partial charge >= 0.3 is 6.09 Å². The van der Waals surface area contributed by atoms with E-state index in [9.17, 15) is 18.0 Å². The van der Waals surface area contributed by atoms with E-state index in [2.05, 4.69) is 15.4 Å². The first kappa shape index (κ1) is 21.6. The van der Waals surface area contributed by atoms with Gasteiger partial charge in [-0.1, -0.05) is 13.8 Å². The first-order chi connectivity index (χ1) is 12.1. The Bertz CT molecular complexity index is 748. The van der Waals surface area contributed by atoms with Gasteiger partial charge in [-0.05, 0) is 25.0 Å². The number of amides is 2. The van der Waals surface area contributed by atoms with E-state index >= 15 is 0 Å². The molecule has 1 rings (SSSR count). The summed E-state index contributed by atoms with van der Waals surface area (Å²) in [6.45, 7) is 5.44. The van der Waals surface area contributed by atoms with E-state index < -0.39 is 28.1 Å². The fourth-order valence-corrected chi connectivity index (χ4v) is 2.68. The maximum absolute atomic E-state index is 12.5. The van der Waals surface area contributed by atoms with Crippen LogP contribution < -0.4 is 20.1 Å². The predicted molar refractivity (Wildman–Crippen MR) is 98.9 cm³/mol. The van der Waals surface area contributed by atoms with Gasteiger partial charge in [0.1, 0.15) is 11.8 Å². The third-order valence-electron chi connectivity index (χ3n) is 3.26. The molecule has 0 radical (unpaired) electrons. The van der Waals surface area contributed by atoms with Gasteiger partial charge in [0.15, 0.2) is 0 Å². The smallest absolute Gasteiger partial charge is 0.407 e. The Kier molecular flexibility index (Phi) is 7.69. The average Bonchev–Trinajstić information content (AvgIpc) is 2.52. The van der Waals surface area contributed by atoms with Crippen molar-refractivity contribution in [2.45, 2.75) is 26.8 Å². The lowest BCUT2D eigenvalue weighted by atomic mass is 10.0. The summed E-state index contributed by atoms with van der Waals surface area (Å²) in [6.07, 6.45) is 0.350. The van der Waals surface area contributed by atoms with Crippen LogP contribution >= 0.6 is 0 Å². The third-order valence-corrected chi connectivity index (χ3v) is 3.85. The molecule has 0 aliphatic rings. The van der Waals surface area contributed by atoms with Crippen LogP contribution in [0.15, 0.2) is 18.2 Å². The number of methoxy groups -OCH3 is 1. The highest BCUT2D eigenvalue weighted by molar-refractivity contribution is 7.92. The zero-order valence-electron chi connectivity index (χ0n) is 15.5. The Labute approximate surface area is 153 Å². The zero-order valence-corrected chi connectivity index (χ0v) is 16.3. The van der Waals surface area contributed by atoms with E-state index in [1.54, 1.807) is 20.8 Å². The van der Waals surface area contributed by atoms with Crippen molar-refractivity contribution in [2.75, 3.05) is 30.0 Å². The lowest BCUT2D eigenvalue weighted by Crippen LogP contribution is -2.47. The highest BCUT2D eigenvalue weighted by atomic mass is 32.2. The number of rotatable bonds is 8. The van der Waals surface area contributed by atoms with E-state index in [0.717, 1.165) is 6.26 Å². The van der Waals surface area contributed by atoms with Crippen LogP contribution in [0.2, 0.25) is 0 Å². The Morgan fingerprint density at radius 1 is 1.23 bits per heavy atom. The molecule has 3 N–H and O–H groups in total. The summed E-state index contributed by atoms with van der Waals surface area (Å²) in [6, 6.07) is 3.68. The minimum absolute atomic E-state index is 0.174. The number of hydrogen-bond donors (Lipinski definition) is 3. The molecule has 9 nitrogen and oxygen atoms in total. The standard InChI is InChI=1S/C16H25N3O6S/c1-6-25-16(21)18-14(10(2)3)15(20)17-11-7-8-12(13(9-11)24-4)19-26(5,22)23/h7-10,14,19H,6H2,1-5H3,(H,17,20)(H,18,21). The summed E-state index contributed by atoms with van der Waals surface area (Å²) in [4.78, 5) is 24.1. The molecule has 10 heteroatoms. The molecule has 26 heavy (non-hydrogen) atoms. The third kappa shape index (κ3) is 6.79. The van der Waals surface area contributed by atoms with Crippen LogP contribution in [0.25, 0.3) is 0 Å². The number of anilines is 2. The molecule has 1 aromatic rings. The van der Waals surface area contributed by atoms with Crippen molar-refractivity contribution >= 4 is 33.4 Å². The second-order valence-corrected chi connectivity index (χ2v) is 7.61. The number of benzene rings is 1. The Morgan fingerprint density at radius 3 is 2.38 bits per heavy atom. The number of nitrogens with one attached hydrogen (secondary N) is 3. The van der Waals surface area contributed by atoms with Crippen LogP contribution in [0.4, 0.5) is 16.2 Å². The summed E-state index contributed by atoms with van der Waals surface area (Å²) in [5, 5.41) is 5.18. The van der Waals surface area contributed by atoms with E-state index in [0.29, 0.717) is 5.69 Å². The lowest BCUT2D eigenvalue weighted by molar-refractivity contribution is -0.119. The number of carbonyl (C=O) groups is 2. The van der Waals surface area contributed by atoms with Crippen LogP contribution in [0.1, 0.15) is 20.8 Å². The molecule has 0 spiro atoms. The number of hydrogen-bond acceptors (Lipinski definition) is 6. The van der Waals surface area contributed by atoms with Crippen LogP contribution in [-0.2, 0) is 19.6 Å². The summed E-state index contributed by atoms with van der Waals surface area (Å²) in [7, 11) is -2.09. The highest BCUT2D eigenvalue weighted by Gasteiger charge is 2.25. The second-order valence-electron chi connectivity index (χ2n) is 5.87. The van der Waals surface area contributed by atoms with Gasteiger partial charge in [0.05, 0.1) is 25.7 Å². The minimum atomic E-state index is -3.47.